The zero-order chi connectivity index (χ0) is 68.6. The minimum Gasteiger partial charge on any atom is -0.462 e. The van der Waals surface area contributed by atoms with E-state index in [-0.39, 0.29) is 25.7 Å². The summed E-state index contributed by atoms with van der Waals surface area (Å²) in [4.78, 5) is 72.5. The molecule has 0 bridgehead atoms. The van der Waals surface area contributed by atoms with Gasteiger partial charge in [-0.2, -0.15) is 0 Å². The minimum absolute atomic E-state index is 0.105. The largest absolute Gasteiger partial charge is 0.472 e. The molecular weight excluding hydrogens is 1220 g/mol. The number of carbonyl (C=O) groups is 4. The van der Waals surface area contributed by atoms with Gasteiger partial charge in [-0.25, -0.2) is 9.13 Å². The molecule has 3 N–H and O–H groups in total. The highest BCUT2D eigenvalue weighted by Gasteiger charge is 2.30. The van der Waals surface area contributed by atoms with Gasteiger partial charge in [0.1, 0.15) is 19.3 Å². The van der Waals surface area contributed by atoms with Crippen LogP contribution in [0.2, 0.25) is 0 Å². The average molecular weight is 1370 g/mol. The van der Waals surface area contributed by atoms with E-state index in [9.17, 15) is 43.2 Å². The van der Waals surface area contributed by atoms with Gasteiger partial charge in [0.25, 0.3) is 0 Å². The molecule has 0 rings (SSSR count). The smallest absolute Gasteiger partial charge is 0.462 e. The van der Waals surface area contributed by atoms with Gasteiger partial charge in [0, 0.05) is 25.7 Å². The number of esters is 4. The number of hydrogen-bond acceptors (Lipinski definition) is 15. The van der Waals surface area contributed by atoms with Gasteiger partial charge in [0.15, 0.2) is 12.2 Å². The molecule has 552 valence electrons. The van der Waals surface area contributed by atoms with E-state index in [2.05, 4.69) is 41.5 Å². The number of hydrogen-bond donors (Lipinski definition) is 3. The van der Waals surface area contributed by atoms with Crippen molar-refractivity contribution in [2.45, 2.75) is 400 Å². The maximum absolute atomic E-state index is 13.1. The quantitative estimate of drug-likeness (QED) is 0.0222. The fraction of sp³-hybridized carbons (Fsp3) is 0.946. The molecule has 0 aromatic heterocycles. The van der Waals surface area contributed by atoms with Gasteiger partial charge in [0.2, 0.25) is 0 Å². The van der Waals surface area contributed by atoms with Crippen LogP contribution < -0.4 is 0 Å². The first kappa shape index (κ1) is 91.1. The molecule has 0 aromatic rings. The van der Waals surface area contributed by atoms with Gasteiger partial charge >= 0.3 is 39.5 Å². The van der Waals surface area contributed by atoms with Crippen molar-refractivity contribution < 1.29 is 80.2 Å². The summed E-state index contributed by atoms with van der Waals surface area (Å²) in [5.74, 6) is -0.630. The Kier molecular flexibility index (Phi) is 64.6. The lowest BCUT2D eigenvalue weighted by Gasteiger charge is -2.21. The number of rotatable bonds is 73. The first-order chi connectivity index (χ1) is 44.9. The van der Waals surface area contributed by atoms with Gasteiger partial charge < -0.3 is 33.8 Å². The van der Waals surface area contributed by atoms with E-state index in [1.54, 1.807) is 0 Å². The molecule has 2 unspecified atom stereocenters. The number of aliphatic hydroxyl groups is 1. The predicted octanol–water partition coefficient (Wildman–Crippen LogP) is 21.6. The average Bonchev–Trinajstić information content (AvgIpc) is 3.60. The van der Waals surface area contributed by atoms with Crippen molar-refractivity contribution in [1.82, 2.24) is 0 Å². The second kappa shape index (κ2) is 66.0. The molecule has 0 fully saturated rings. The van der Waals surface area contributed by atoms with Crippen LogP contribution in [-0.4, -0.2) is 96.7 Å². The van der Waals surface area contributed by atoms with Crippen LogP contribution in [0.5, 0.6) is 0 Å². The van der Waals surface area contributed by atoms with Crippen LogP contribution in [0.4, 0.5) is 0 Å². The topological polar surface area (TPSA) is 237 Å². The van der Waals surface area contributed by atoms with Crippen LogP contribution in [-0.2, 0) is 65.4 Å². The minimum atomic E-state index is -4.95. The van der Waals surface area contributed by atoms with Crippen molar-refractivity contribution in [2.24, 2.45) is 11.8 Å². The number of ether oxygens (including phenoxy) is 4. The van der Waals surface area contributed by atoms with E-state index in [0.29, 0.717) is 25.7 Å². The standard InChI is InChI=1S/C74H144O17P2/c1-7-9-11-13-15-16-17-18-19-20-21-22-23-24-25-26-27-34-40-46-52-58-73(78)91-70(63-85-72(77)57-51-45-39-33-29-28-31-37-42-48-54-66(3)4)65-89-93(82,83)87-61-68(75)60-86-92(80,81)88-64-69(62-84-71(76)56-50-44-36-14-12-10-8-2)90-74(79)59-53-47-41-35-30-32-38-43-49-55-67(5)6/h66-70,75H,7-65H2,1-6H3,(H,80,81)(H,82,83)/t68-,69+,70+/m0/s1. The molecule has 17 nitrogen and oxygen atoms in total. The molecule has 0 aromatic carbocycles. The summed E-state index contributed by atoms with van der Waals surface area (Å²) < 4.78 is 68.3. The number of phosphoric ester groups is 2. The summed E-state index contributed by atoms with van der Waals surface area (Å²) in [6.45, 7) is 9.50. The maximum Gasteiger partial charge on any atom is 0.472 e. The van der Waals surface area contributed by atoms with Crippen LogP contribution in [0.3, 0.4) is 0 Å². The van der Waals surface area contributed by atoms with Crippen molar-refractivity contribution in [3.05, 3.63) is 0 Å². The molecule has 93 heavy (non-hydrogen) atoms. The molecule has 0 heterocycles. The molecule has 0 saturated heterocycles. The highest BCUT2D eigenvalue weighted by atomic mass is 31.2. The third-order valence-corrected chi connectivity index (χ3v) is 19.1. The Balaban J connectivity index is 5.16. The van der Waals surface area contributed by atoms with E-state index in [1.165, 1.54) is 186 Å². The predicted molar refractivity (Wildman–Crippen MR) is 377 cm³/mol. The maximum atomic E-state index is 13.1. The number of aliphatic hydroxyl groups excluding tert-OH is 1. The third-order valence-electron chi connectivity index (χ3n) is 17.2. The molecule has 0 saturated carbocycles. The molecular formula is C74H144O17P2. The van der Waals surface area contributed by atoms with E-state index < -0.39 is 97.5 Å². The fourth-order valence-corrected chi connectivity index (χ4v) is 12.9. The van der Waals surface area contributed by atoms with E-state index in [0.717, 1.165) is 115 Å². The van der Waals surface area contributed by atoms with Crippen LogP contribution in [0.25, 0.3) is 0 Å². The van der Waals surface area contributed by atoms with Gasteiger partial charge in [-0.05, 0) is 37.5 Å². The molecule has 5 atom stereocenters. The molecule has 0 aliphatic heterocycles. The Morgan fingerprint density at radius 1 is 0.290 bits per heavy atom. The summed E-state index contributed by atoms with van der Waals surface area (Å²) in [5.41, 5.74) is 0. The molecule has 19 heteroatoms. The lowest BCUT2D eigenvalue weighted by Crippen LogP contribution is -2.30. The Morgan fingerprint density at radius 2 is 0.495 bits per heavy atom. The normalized spacial score (nSPS) is 14.1. The van der Waals surface area contributed by atoms with Crippen LogP contribution >= 0.6 is 15.6 Å². The van der Waals surface area contributed by atoms with Gasteiger partial charge in [-0.1, -0.05) is 330 Å². The van der Waals surface area contributed by atoms with Crippen molar-refractivity contribution in [3.63, 3.8) is 0 Å². The zero-order valence-corrected chi connectivity index (χ0v) is 62.3. The Hall–Kier alpha value is -1.94. The summed E-state index contributed by atoms with van der Waals surface area (Å²) >= 11 is 0. The zero-order valence-electron chi connectivity index (χ0n) is 60.6. The van der Waals surface area contributed by atoms with Gasteiger partial charge in [-0.15, -0.1) is 0 Å². The molecule has 0 spiro atoms. The summed E-state index contributed by atoms with van der Waals surface area (Å²) in [6, 6.07) is 0. The van der Waals surface area contributed by atoms with Gasteiger partial charge in [0.05, 0.1) is 26.4 Å². The number of phosphoric acid groups is 2. The van der Waals surface area contributed by atoms with Crippen LogP contribution in [0.15, 0.2) is 0 Å². The van der Waals surface area contributed by atoms with Gasteiger partial charge in [-0.3, -0.25) is 37.3 Å². The van der Waals surface area contributed by atoms with Crippen molar-refractivity contribution in [1.29, 1.82) is 0 Å². The Bertz CT molecular complexity index is 1800. The summed E-state index contributed by atoms with van der Waals surface area (Å²) in [7, 11) is -9.90. The second-order valence-corrected chi connectivity index (χ2v) is 30.5. The third kappa shape index (κ3) is 68.4. The van der Waals surface area contributed by atoms with Crippen LogP contribution in [0.1, 0.15) is 382 Å². The van der Waals surface area contributed by atoms with Crippen molar-refractivity contribution in [2.75, 3.05) is 39.6 Å². The number of carbonyl (C=O) groups excluding carboxylic acids is 4. The number of unbranched alkanes of at least 4 members (excludes halogenated alkanes) is 43. The highest BCUT2D eigenvalue weighted by Crippen LogP contribution is 2.45. The van der Waals surface area contributed by atoms with Crippen molar-refractivity contribution in [3.8, 4) is 0 Å². The SMILES string of the molecule is CCCCCCCCCCCCCCCCCCCCCCCC(=O)O[C@H](COC(=O)CCCCCCCCCCCCC(C)C)COP(=O)(O)OC[C@@H](O)COP(=O)(O)OC[C@@H](COC(=O)CCCCCCCCC)OC(=O)CCCCCCCCCCCC(C)C. The van der Waals surface area contributed by atoms with E-state index >= 15 is 0 Å². The van der Waals surface area contributed by atoms with E-state index in [4.69, 9.17) is 37.0 Å². The molecule has 0 amide bonds. The fourth-order valence-electron chi connectivity index (χ4n) is 11.3. The Morgan fingerprint density at radius 3 is 0.731 bits per heavy atom. The lowest BCUT2D eigenvalue weighted by molar-refractivity contribution is -0.161. The molecule has 0 radical (unpaired) electrons. The summed E-state index contributed by atoms with van der Waals surface area (Å²) in [6.07, 6.45) is 53.0. The lowest BCUT2D eigenvalue weighted by atomic mass is 10.0. The van der Waals surface area contributed by atoms with E-state index in [1.807, 2.05) is 0 Å². The monoisotopic (exact) mass is 1370 g/mol. The van der Waals surface area contributed by atoms with Crippen molar-refractivity contribution >= 4 is 39.5 Å². The summed E-state index contributed by atoms with van der Waals surface area (Å²) in [5, 5.41) is 10.6. The Labute approximate surface area is 568 Å². The second-order valence-electron chi connectivity index (χ2n) is 27.6. The van der Waals surface area contributed by atoms with Crippen LogP contribution in [0, 0.1) is 11.8 Å². The highest BCUT2D eigenvalue weighted by molar-refractivity contribution is 7.47. The molecule has 0 aliphatic carbocycles. The first-order valence-corrected chi connectivity index (χ1v) is 41.5. The first-order valence-electron chi connectivity index (χ1n) is 38.5. The molecule has 0 aliphatic rings.